The summed E-state index contributed by atoms with van der Waals surface area (Å²) in [6, 6.07) is 0. The molecule has 13 heavy (non-hydrogen) atoms. The molecule has 0 atom stereocenters. The Morgan fingerprint density at radius 3 is 3.00 bits per heavy atom. The summed E-state index contributed by atoms with van der Waals surface area (Å²) >= 11 is 0. The summed E-state index contributed by atoms with van der Waals surface area (Å²) in [5.41, 5.74) is 2.24. The maximum Gasteiger partial charge on any atom is 0.0615 e. The molecule has 1 aromatic heterocycles. The van der Waals surface area contributed by atoms with Gasteiger partial charge in [0.05, 0.1) is 12.8 Å². The highest BCUT2D eigenvalue weighted by molar-refractivity contribution is 5.50. The molecule has 72 valence electrons. The first kappa shape index (κ1) is 9.99. The van der Waals surface area contributed by atoms with Gasteiger partial charge < -0.3 is 5.11 Å². The minimum absolute atomic E-state index is 0.0817. The van der Waals surface area contributed by atoms with Gasteiger partial charge in [-0.05, 0) is 13.3 Å². The molecule has 0 saturated carbocycles. The highest BCUT2D eigenvalue weighted by Crippen LogP contribution is 2.09. The van der Waals surface area contributed by atoms with Crippen molar-refractivity contribution in [2.24, 2.45) is 0 Å². The highest BCUT2D eigenvalue weighted by Gasteiger charge is 2.01. The Hall–Kier alpha value is -1.09. The van der Waals surface area contributed by atoms with Crippen LogP contribution in [0.1, 0.15) is 24.6 Å². The van der Waals surface area contributed by atoms with Crippen LogP contribution < -0.4 is 0 Å². The van der Waals surface area contributed by atoms with Gasteiger partial charge in [-0.15, -0.1) is 0 Å². The molecule has 0 spiro atoms. The third-order valence-corrected chi connectivity index (χ3v) is 1.98. The van der Waals surface area contributed by atoms with Crippen LogP contribution >= 0.6 is 0 Å². The average molecular weight is 180 g/mol. The van der Waals surface area contributed by atoms with E-state index in [1.54, 1.807) is 6.08 Å². The van der Waals surface area contributed by atoms with Gasteiger partial charge in [0, 0.05) is 17.8 Å². The van der Waals surface area contributed by atoms with Crippen LogP contribution in [0, 0.1) is 6.92 Å². The van der Waals surface area contributed by atoms with Crippen molar-refractivity contribution in [1.29, 1.82) is 0 Å². The maximum absolute atomic E-state index is 8.61. The van der Waals surface area contributed by atoms with Crippen LogP contribution in [0.25, 0.3) is 6.08 Å². The van der Waals surface area contributed by atoms with E-state index in [2.05, 4.69) is 12.0 Å². The molecule has 0 aromatic carbocycles. The van der Waals surface area contributed by atoms with Crippen LogP contribution in [0.15, 0.2) is 12.3 Å². The number of aromatic nitrogens is 2. The van der Waals surface area contributed by atoms with E-state index in [0.29, 0.717) is 0 Å². The second kappa shape index (κ2) is 4.82. The van der Waals surface area contributed by atoms with Crippen molar-refractivity contribution >= 4 is 6.08 Å². The first-order chi connectivity index (χ1) is 6.29. The van der Waals surface area contributed by atoms with Crippen molar-refractivity contribution in [2.75, 3.05) is 6.61 Å². The van der Waals surface area contributed by atoms with Crippen molar-refractivity contribution in [1.82, 2.24) is 9.78 Å². The molecule has 0 unspecified atom stereocenters. The molecule has 0 aliphatic heterocycles. The van der Waals surface area contributed by atoms with Crippen molar-refractivity contribution in [3.8, 4) is 0 Å². The van der Waals surface area contributed by atoms with Crippen molar-refractivity contribution in [2.45, 2.75) is 26.8 Å². The summed E-state index contributed by atoms with van der Waals surface area (Å²) in [6.45, 7) is 5.21. The van der Waals surface area contributed by atoms with Crippen molar-refractivity contribution in [3.63, 3.8) is 0 Å². The fourth-order valence-corrected chi connectivity index (χ4v) is 1.24. The monoisotopic (exact) mass is 180 g/mol. The molecule has 1 rings (SSSR count). The summed E-state index contributed by atoms with van der Waals surface area (Å²) < 4.78 is 1.98. The maximum atomic E-state index is 8.61. The molecule has 3 heteroatoms. The second-order valence-corrected chi connectivity index (χ2v) is 2.99. The van der Waals surface area contributed by atoms with Crippen LogP contribution in [0.2, 0.25) is 0 Å². The normalized spacial score (nSPS) is 11.3. The fourth-order valence-electron chi connectivity index (χ4n) is 1.24. The number of aliphatic hydroxyl groups is 1. The predicted molar refractivity (Wildman–Crippen MR) is 53.4 cm³/mol. The van der Waals surface area contributed by atoms with Gasteiger partial charge in [0.1, 0.15) is 0 Å². The fraction of sp³-hybridized carbons (Fsp3) is 0.500. The van der Waals surface area contributed by atoms with E-state index in [1.807, 2.05) is 23.9 Å². The number of aryl methyl sites for hydroxylation is 1. The molecule has 0 saturated heterocycles. The van der Waals surface area contributed by atoms with Gasteiger partial charge >= 0.3 is 0 Å². The quantitative estimate of drug-likeness (QED) is 0.764. The van der Waals surface area contributed by atoms with Gasteiger partial charge in [-0.1, -0.05) is 19.1 Å². The second-order valence-electron chi connectivity index (χ2n) is 2.99. The molecule has 0 radical (unpaired) electrons. The summed E-state index contributed by atoms with van der Waals surface area (Å²) in [6.07, 6.45) is 6.54. The average Bonchev–Trinajstić information content (AvgIpc) is 2.46. The Morgan fingerprint density at radius 1 is 1.62 bits per heavy atom. The first-order valence-corrected chi connectivity index (χ1v) is 4.59. The minimum atomic E-state index is 0.0817. The number of nitrogens with zero attached hydrogens (tertiary/aromatic N) is 2. The third kappa shape index (κ3) is 2.42. The standard InChI is InChI=1S/C10H16N2O/c1-3-6-12-9(2)10(8-11-12)5-4-7-13/h4-5,8,13H,3,6-7H2,1-2H3. The van der Waals surface area contributed by atoms with Crippen molar-refractivity contribution < 1.29 is 5.11 Å². The van der Waals surface area contributed by atoms with Gasteiger partial charge in [-0.2, -0.15) is 5.10 Å². The lowest BCUT2D eigenvalue weighted by atomic mass is 10.2. The lowest BCUT2D eigenvalue weighted by Crippen LogP contribution is -2.00. The molecule has 0 fully saturated rings. The van der Waals surface area contributed by atoms with Crippen LogP contribution in [0.5, 0.6) is 0 Å². The van der Waals surface area contributed by atoms with E-state index in [1.165, 1.54) is 0 Å². The first-order valence-electron chi connectivity index (χ1n) is 4.59. The summed E-state index contributed by atoms with van der Waals surface area (Å²) in [5, 5.41) is 12.9. The molecule has 1 aromatic rings. The van der Waals surface area contributed by atoms with Crippen LogP contribution in [-0.2, 0) is 6.54 Å². The van der Waals surface area contributed by atoms with E-state index in [-0.39, 0.29) is 6.61 Å². The van der Waals surface area contributed by atoms with Gasteiger partial charge in [-0.25, -0.2) is 0 Å². The zero-order valence-electron chi connectivity index (χ0n) is 8.20. The topological polar surface area (TPSA) is 38.0 Å². The summed E-state index contributed by atoms with van der Waals surface area (Å²) in [5.74, 6) is 0. The molecule has 1 heterocycles. The Balaban J connectivity index is 2.79. The minimum Gasteiger partial charge on any atom is -0.392 e. The van der Waals surface area contributed by atoms with E-state index >= 15 is 0 Å². The highest BCUT2D eigenvalue weighted by atomic mass is 16.2. The molecule has 3 nitrogen and oxygen atoms in total. The summed E-state index contributed by atoms with van der Waals surface area (Å²) in [7, 11) is 0. The number of rotatable bonds is 4. The molecule has 1 N–H and O–H groups in total. The lowest BCUT2D eigenvalue weighted by molar-refractivity contribution is 0.343. The van der Waals surface area contributed by atoms with Crippen LogP contribution in [0.3, 0.4) is 0 Å². The molecule has 0 aliphatic rings. The van der Waals surface area contributed by atoms with Gasteiger partial charge in [0.25, 0.3) is 0 Å². The van der Waals surface area contributed by atoms with E-state index in [0.717, 1.165) is 24.2 Å². The molecular weight excluding hydrogens is 164 g/mol. The smallest absolute Gasteiger partial charge is 0.0615 e. The zero-order chi connectivity index (χ0) is 9.68. The largest absolute Gasteiger partial charge is 0.392 e. The number of hydrogen-bond donors (Lipinski definition) is 1. The van der Waals surface area contributed by atoms with E-state index in [4.69, 9.17) is 5.11 Å². The number of aliphatic hydroxyl groups excluding tert-OH is 1. The molecular formula is C10H16N2O. The SMILES string of the molecule is CCCn1ncc(C=CCO)c1C. The third-order valence-electron chi connectivity index (χ3n) is 1.98. The number of hydrogen-bond acceptors (Lipinski definition) is 2. The van der Waals surface area contributed by atoms with Gasteiger partial charge in [0.15, 0.2) is 0 Å². The molecule has 0 amide bonds. The van der Waals surface area contributed by atoms with Crippen LogP contribution in [-0.4, -0.2) is 21.5 Å². The lowest BCUT2D eigenvalue weighted by Gasteiger charge is -2.00. The zero-order valence-corrected chi connectivity index (χ0v) is 8.20. The van der Waals surface area contributed by atoms with Gasteiger partial charge in [-0.3, -0.25) is 4.68 Å². The molecule has 0 aliphatic carbocycles. The van der Waals surface area contributed by atoms with Gasteiger partial charge in [0.2, 0.25) is 0 Å². The van der Waals surface area contributed by atoms with E-state index in [9.17, 15) is 0 Å². The Kier molecular flexibility index (Phi) is 3.71. The predicted octanol–water partition coefficient (Wildman–Crippen LogP) is 1.61. The Labute approximate surface area is 78.7 Å². The van der Waals surface area contributed by atoms with Crippen molar-refractivity contribution in [3.05, 3.63) is 23.5 Å². The van der Waals surface area contributed by atoms with E-state index < -0.39 is 0 Å². The Morgan fingerprint density at radius 2 is 2.38 bits per heavy atom. The molecule has 0 bridgehead atoms. The summed E-state index contributed by atoms with van der Waals surface area (Å²) in [4.78, 5) is 0. The Bertz CT molecular complexity index is 289. The van der Waals surface area contributed by atoms with Crippen LogP contribution in [0.4, 0.5) is 0 Å².